The van der Waals surface area contributed by atoms with Crippen molar-refractivity contribution in [1.82, 2.24) is 0 Å². The summed E-state index contributed by atoms with van der Waals surface area (Å²) in [7, 11) is 0. The number of anilines is 2. The third kappa shape index (κ3) is 3.87. The van der Waals surface area contributed by atoms with Crippen LogP contribution in [0.5, 0.6) is 0 Å². The van der Waals surface area contributed by atoms with E-state index in [1.807, 2.05) is 6.07 Å². The van der Waals surface area contributed by atoms with Crippen molar-refractivity contribution in [2.75, 3.05) is 9.96 Å². The van der Waals surface area contributed by atoms with Crippen LogP contribution in [0.3, 0.4) is 0 Å². The number of alkyl halides is 3. The zero-order valence-electron chi connectivity index (χ0n) is 17.2. The first-order valence-corrected chi connectivity index (χ1v) is 11.3. The molecule has 0 N–H and O–H groups in total. The number of rotatable bonds is 3. The molecule has 0 aromatic heterocycles. The summed E-state index contributed by atoms with van der Waals surface area (Å²) in [5, 5.41) is 2.00. The summed E-state index contributed by atoms with van der Waals surface area (Å²) in [6.45, 7) is 0. The Morgan fingerprint density at radius 2 is 1.56 bits per heavy atom. The van der Waals surface area contributed by atoms with Crippen LogP contribution in [0.2, 0.25) is 5.02 Å². The minimum absolute atomic E-state index is 0.147. The Morgan fingerprint density at radius 3 is 2.24 bits per heavy atom. The normalized spacial score (nSPS) is 22.4. The fraction of sp³-hybridized carbons (Fsp3) is 0.167. The van der Waals surface area contributed by atoms with Gasteiger partial charge in [-0.1, -0.05) is 51.8 Å². The van der Waals surface area contributed by atoms with Crippen LogP contribution in [-0.4, -0.2) is 17.9 Å². The molecule has 0 unspecified atom stereocenters. The fourth-order valence-electron chi connectivity index (χ4n) is 4.33. The molecule has 174 valence electrons. The van der Waals surface area contributed by atoms with Crippen molar-refractivity contribution in [3.8, 4) is 0 Å². The van der Waals surface area contributed by atoms with E-state index in [1.54, 1.807) is 42.5 Å². The quantitative estimate of drug-likeness (QED) is 0.365. The minimum atomic E-state index is -4.61. The smallest absolute Gasteiger partial charge is 0.273 e. The molecule has 2 saturated heterocycles. The number of benzene rings is 3. The lowest BCUT2D eigenvalue weighted by Gasteiger charge is -2.29. The Morgan fingerprint density at radius 1 is 0.882 bits per heavy atom. The molecule has 5 rings (SSSR count). The van der Waals surface area contributed by atoms with Crippen molar-refractivity contribution in [2.24, 2.45) is 5.92 Å². The highest BCUT2D eigenvalue weighted by Crippen LogP contribution is 2.48. The van der Waals surface area contributed by atoms with Crippen molar-refractivity contribution in [3.05, 3.63) is 93.4 Å². The summed E-state index contributed by atoms with van der Waals surface area (Å²) in [5.41, 5.74) is 0.180. The SMILES string of the molecule is O=C1[C@H]2[C@@H](ON(c3cccc(Br)c3)[C@H]2c2ccc(Cl)cc2)C(=O)N1c1cccc(C(F)(F)F)c1. The van der Waals surface area contributed by atoms with E-state index in [1.165, 1.54) is 11.1 Å². The predicted octanol–water partition coefficient (Wildman–Crippen LogP) is 6.17. The summed E-state index contributed by atoms with van der Waals surface area (Å²) in [4.78, 5) is 33.6. The van der Waals surface area contributed by atoms with Crippen LogP contribution in [-0.2, 0) is 20.6 Å². The third-order valence-corrected chi connectivity index (χ3v) is 6.57. The van der Waals surface area contributed by atoms with E-state index in [9.17, 15) is 22.8 Å². The molecule has 3 aromatic rings. The zero-order valence-corrected chi connectivity index (χ0v) is 19.5. The first kappa shape index (κ1) is 22.9. The number of nitrogens with zero attached hydrogens (tertiary/aromatic N) is 2. The summed E-state index contributed by atoms with van der Waals surface area (Å²) in [5.74, 6) is -2.32. The van der Waals surface area contributed by atoms with Gasteiger partial charge in [-0.3, -0.25) is 14.4 Å². The maximum Gasteiger partial charge on any atom is 0.416 e. The molecule has 0 spiro atoms. The highest BCUT2D eigenvalue weighted by Gasteiger charge is 2.60. The van der Waals surface area contributed by atoms with Gasteiger partial charge in [-0.2, -0.15) is 13.2 Å². The Bertz CT molecular complexity index is 1280. The highest BCUT2D eigenvalue weighted by molar-refractivity contribution is 9.10. The van der Waals surface area contributed by atoms with Gasteiger partial charge in [0, 0.05) is 9.50 Å². The average Bonchev–Trinajstić information content (AvgIpc) is 3.30. The number of carbonyl (C=O) groups is 2. The molecule has 2 aliphatic heterocycles. The maximum absolute atomic E-state index is 13.5. The number of hydrogen-bond donors (Lipinski definition) is 0. The molecular weight excluding hydrogens is 537 g/mol. The Kier molecular flexibility index (Phi) is 5.66. The molecule has 2 amide bonds. The lowest BCUT2D eigenvalue weighted by atomic mass is 9.90. The molecular formula is C24H15BrClF3N2O3. The number of amides is 2. The summed E-state index contributed by atoms with van der Waals surface area (Å²) >= 11 is 9.45. The van der Waals surface area contributed by atoms with Gasteiger partial charge in [-0.05, 0) is 54.1 Å². The molecule has 34 heavy (non-hydrogen) atoms. The summed E-state index contributed by atoms with van der Waals surface area (Å²) in [6.07, 6.45) is -5.81. The predicted molar refractivity (Wildman–Crippen MR) is 123 cm³/mol. The third-order valence-electron chi connectivity index (χ3n) is 5.82. The van der Waals surface area contributed by atoms with Gasteiger partial charge in [-0.25, -0.2) is 9.96 Å². The molecule has 0 saturated carbocycles. The van der Waals surface area contributed by atoms with Gasteiger partial charge in [0.15, 0.2) is 6.10 Å². The zero-order chi connectivity index (χ0) is 24.2. The van der Waals surface area contributed by atoms with Crippen LogP contribution >= 0.6 is 27.5 Å². The van der Waals surface area contributed by atoms with Crippen LogP contribution < -0.4 is 9.96 Å². The van der Waals surface area contributed by atoms with Crippen LogP contribution in [0, 0.1) is 5.92 Å². The number of halogens is 5. The van der Waals surface area contributed by atoms with Crippen LogP contribution in [0.15, 0.2) is 77.3 Å². The lowest BCUT2D eigenvalue weighted by molar-refractivity contribution is -0.137. The van der Waals surface area contributed by atoms with Crippen LogP contribution in [0.1, 0.15) is 17.2 Å². The second kappa shape index (κ2) is 8.41. The molecule has 2 heterocycles. The van der Waals surface area contributed by atoms with Crippen LogP contribution in [0.4, 0.5) is 24.5 Å². The largest absolute Gasteiger partial charge is 0.416 e. The van der Waals surface area contributed by atoms with E-state index in [-0.39, 0.29) is 5.69 Å². The molecule has 0 aliphatic carbocycles. The first-order valence-electron chi connectivity index (χ1n) is 10.2. The van der Waals surface area contributed by atoms with E-state index in [2.05, 4.69) is 15.9 Å². The van der Waals surface area contributed by atoms with Crippen molar-refractivity contribution >= 4 is 50.7 Å². The van der Waals surface area contributed by atoms with E-state index < -0.39 is 41.6 Å². The number of hydroxylamine groups is 1. The molecule has 3 aromatic carbocycles. The van der Waals surface area contributed by atoms with E-state index in [0.717, 1.165) is 27.6 Å². The van der Waals surface area contributed by atoms with E-state index in [4.69, 9.17) is 16.4 Å². The van der Waals surface area contributed by atoms with E-state index in [0.29, 0.717) is 16.3 Å². The molecule has 5 nitrogen and oxygen atoms in total. The van der Waals surface area contributed by atoms with Gasteiger partial charge in [0.1, 0.15) is 5.92 Å². The topological polar surface area (TPSA) is 49.9 Å². The van der Waals surface area contributed by atoms with Gasteiger partial charge in [0.25, 0.3) is 5.91 Å². The Balaban J connectivity index is 1.57. The van der Waals surface area contributed by atoms with Crippen molar-refractivity contribution in [3.63, 3.8) is 0 Å². The van der Waals surface area contributed by atoms with Gasteiger partial charge >= 0.3 is 6.18 Å². The Hall–Kier alpha value is -2.88. The van der Waals surface area contributed by atoms with Crippen molar-refractivity contribution < 1.29 is 27.6 Å². The van der Waals surface area contributed by atoms with Gasteiger partial charge in [0.05, 0.1) is 23.0 Å². The standard InChI is InChI=1S/C24H15BrClF3N2O3/c25-15-4-2-6-18(12-15)31-20(13-7-9-16(26)10-8-13)19-21(34-31)23(33)30(22(19)32)17-5-1-3-14(11-17)24(27,28)29/h1-12,19-21H/t19-,20+,21-/m1/s1. The Labute approximate surface area is 205 Å². The van der Waals surface area contributed by atoms with E-state index >= 15 is 0 Å². The number of carbonyl (C=O) groups excluding carboxylic acids is 2. The fourth-order valence-corrected chi connectivity index (χ4v) is 4.84. The molecule has 0 radical (unpaired) electrons. The number of imide groups is 1. The van der Waals surface area contributed by atoms with Gasteiger partial charge in [-0.15, -0.1) is 0 Å². The second-order valence-electron chi connectivity index (χ2n) is 7.91. The molecule has 0 bridgehead atoms. The second-order valence-corrected chi connectivity index (χ2v) is 9.27. The number of fused-ring (bicyclic) bond motifs is 1. The average molecular weight is 552 g/mol. The highest BCUT2D eigenvalue weighted by atomic mass is 79.9. The van der Waals surface area contributed by atoms with Gasteiger partial charge in [0.2, 0.25) is 5.91 Å². The van der Waals surface area contributed by atoms with Crippen molar-refractivity contribution in [2.45, 2.75) is 18.3 Å². The molecule has 10 heteroatoms. The van der Waals surface area contributed by atoms with Crippen molar-refractivity contribution in [1.29, 1.82) is 0 Å². The lowest BCUT2D eigenvalue weighted by Crippen LogP contribution is -2.37. The monoisotopic (exact) mass is 550 g/mol. The minimum Gasteiger partial charge on any atom is -0.273 e. The molecule has 2 fully saturated rings. The van der Waals surface area contributed by atoms with Gasteiger partial charge < -0.3 is 0 Å². The maximum atomic E-state index is 13.5. The summed E-state index contributed by atoms with van der Waals surface area (Å²) < 4.78 is 40.5. The number of hydrogen-bond acceptors (Lipinski definition) is 4. The summed E-state index contributed by atoms with van der Waals surface area (Å²) in [6, 6.07) is 17.4. The van der Waals surface area contributed by atoms with Crippen LogP contribution in [0.25, 0.3) is 0 Å². The molecule has 2 aliphatic rings. The molecule has 3 atom stereocenters. The first-order chi connectivity index (χ1) is 16.1.